The molecule has 0 saturated carbocycles. The molecule has 21 heavy (non-hydrogen) atoms. The molecule has 3 N–H and O–H groups in total. The molecule has 0 aromatic heterocycles. The number of hydrogen-bond acceptors (Lipinski definition) is 4. The van der Waals surface area contributed by atoms with Gasteiger partial charge in [-0.2, -0.15) is 0 Å². The van der Waals surface area contributed by atoms with Crippen LogP contribution in [0.3, 0.4) is 0 Å². The van der Waals surface area contributed by atoms with Crippen molar-refractivity contribution < 1.29 is 14.6 Å². The summed E-state index contributed by atoms with van der Waals surface area (Å²) in [5, 5.41) is 11.0. The maximum atomic E-state index is 12.3. The monoisotopic (exact) mass is 320 g/mol. The van der Waals surface area contributed by atoms with E-state index in [9.17, 15) is 9.90 Å². The van der Waals surface area contributed by atoms with Gasteiger partial charge >= 0.3 is 0 Å². The molecule has 0 spiro atoms. The first-order valence-electron chi connectivity index (χ1n) is 7.63. The van der Waals surface area contributed by atoms with Crippen LogP contribution in [0.5, 0.6) is 0 Å². The molecule has 2 atom stereocenters. The molecule has 0 unspecified atom stereocenters. The van der Waals surface area contributed by atoms with E-state index in [1.165, 1.54) is 0 Å². The zero-order chi connectivity index (χ0) is 15.0. The molecular weight excluding hydrogens is 292 g/mol. The molecule has 0 radical (unpaired) electrons. The number of halogens is 1. The lowest BCUT2D eigenvalue weighted by atomic mass is 9.70. The fourth-order valence-electron chi connectivity index (χ4n) is 3.54. The van der Waals surface area contributed by atoms with Crippen LogP contribution < -0.4 is 5.73 Å². The number of hydrogen-bond donors (Lipinski definition) is 2. The van der Waals surface area contributed by atoms with E-state index in [0.717, 1.165) is 26.1 Å². The number of nitrogens with zero attached hydrogens (tertiary/aromatic N) is 1. The van der Waals surface area contributed by atoms with Crippen molar-refractivity contribution >= 4 is 18.3 Å². The number of carbonyl (C=O) groups excluding carboxylic acids is 1. The fourth-order valence-corrected chi connectivity index (χ4v) is 3.54. The van der Waals surface area contributed by atoms with Crippen molar-refractivity contribution in [2.24, 2.45) is 17.6 Å². The SMILES string of the molecule is C[C@@H]1CN(C(=O)C(C)(C)N)CC[C@@]1(O)C1CCOCC1.Cl. The fraction of sp³-hybridized carbons (Fsp3) is 0.933. The van der Waals surface area contributed by atoms with Gasteiger partial charge in [0.15, 0.2) is 0 Å². The highest BCUT2D eigenvalue weighted by Gasteiger charge is 2.46. The normalized spacial score (nSPS) is 31.7. The zero-order valence-corrected chi connectivity index (χ0v) is 14.1. The van der Waals surface area contributed by atoms with Gasteiger partial charge in [0.05, 0.1) is 11.1 Å². The first-order chi connectivity index (χ1) is 9.25. The van der Waals surface area contributed by atoms with E-state index in [2.05, 4.69) is 0 Å². The summed E-state index contributed by atoms with van der Waals surface area (Å²) in [6, 6.07) is 0. The van der Waals surface area contributed by atoms with E-state index in [1.807, 2.05) is 6.92 Å². The second-order valence-electron chi connectivity index (χ2n) is 7.00. The zero-order valence-electron chi connectivity index (χ0n) is 13.3. The molecule has 2 aliphatic heterocycles. The van der Waals surface area contributed by atoms with Crippen LogP contribution in [0.4, 0.5) is 0 Å². The minimum Gasteiger partial charge on any atom is -0.389 e. The van der Waals surface area contributed by atoms with Crippen LogP contribution in [0.2, 0.25) is 0 Å². The van der Waals surface area contributed by atoms with E-state index >= 15 is 0 Å². The van der Waals surface area contributed by atoms with Crippen molar-refractivity contribution in [2.75, 3.05) is 26.3 Å². The molecule has 2 saturated heterocycles. The van der Waals surface area contributed by atoms with Gasteiger partial charge in [-0.1, -0.05) is 6.92 Å². The number of rotatable bonds is 2. The summed E-state index contributed by atoms with van der Waals surface area (Å²) in [4.78, 5) is 14.1. The first-order valence-corrected chi connectivity index (χ1v) is 7.63. The van der Waals surface area contributed by atoms with Gasteiger partial charge in [0.2, 0.25) is 5.91 Å². The molecule has 0 aromatic carbocycles. The minimum absolute atomic E-state index is 0. The largest absolute Gasteiger partial charge is 0.389 e. The molecule has 0 aliphatic carbocycles. The average Bonchev–Trinajstić information content (AvgIpc) is 2.41. The molecule has 0 bridgehead atoms. The summed E-state index contributed by atoms with van der Waals surface area (Å²) in [6.07, 6.45) is 2.47. The molecule has 5 nitrogen and oxygen atoms in total. The number of nitrogens with two attached hydrogens (primary N) is 1. The van der Waals surface area contributed by atoms with Gasteiger partial charge in [-0.25, -0.2) is 0 Å². The first kappa shape index (κ1) is 18.7. The maximum absolute atomic E-state index is 12.3. The minimum atomic E-state index is -0.839. The molecule has 1 amide bonds. The molecule has 124 valence electrons. The summed E-state index contributed by atoms with van der Waals surface area (Å²) in [5.41, 5.74) is 4.39. The third kappa shape index (κ3) is 3.89. The number of piperidine rings is 1. The van der Waals surface area contributed by atoms with Crippen LogP contribution in [0, 0.1) is 11.8 Å². The molecule has 0 aromatic rings. The lowest BCUT2D eigenvalue weighted by Crippen LogP contribution is -2.60. The predicted molar refractivity (Wildman–Crippen MR) is 84.4 cm³/mol. The van der Waals surface area contributed by atoms with Crippen molar-refractivity contribution in [1.82, 2.24) is 4.90 Å². The van der Waals surface area contributed by atoms with Crippen LogP contribution >= 0.6 is 12.4 Å². The Morgan fingerprint density at radius 3 is 2.43 bits per heavy atom. The van der Waals surface area contributed by atoms with Crippen LogP contribution in [-0.4, -0.2) is 53.4 Å². The third-order valence-corrected chi connectivity index (χ3v) is 4.90. The van der Waals surface area contributed by atoms with E-state index in [4.69, 9.17) is 10.5 Å². The Kier molecular flexibility index (Phi) is 6.07. The van der Waals surface area contributed by atoms with Crippen LogP contribution in [0.15, 0.2) is 0 Å². The summed E-state index contributed by atoms with van der Waals surface area (Å²) >= 11 is 0. The van der Waals surface area contributed by atoms with Crippen molar-refractivity contribution in [3.8, 4) is 0 Å². The molecule has 2 fully saturated rings. The van der Waals surface area contributed by atoms with Crippen LogP contribution in [0.1, 0.15) is 40.0 Å². The highest BCUT2D eigenvalue weighted by atomic mass is 35.5. The van der Waals surface area contributed by atoms with Gasteiger partial charge in [-0.3, -0.25) is 4.79 Å². The molecular formula is C15H29ClN2O3. The number of ether oxygens (including phenoxy) is 1. The lowest BCUT2D eigenvalue weighted by Gasteiger charge is -2.49. The molecule has 2 aliphatic rings. The number of aliphatic hydroxyl groups is 1. The molecule has 2 rings (SSSR count). The quantitative estimate of drug-likeness (QED) is 0.801. The summed E-state index contributed by atoms with van der Waals surface area (Å²) in [7, 11) is 0. The van der Waals surface area contributed by atoms with E-state index in [0.29, 0.717) is 19.5 Å². The Balaban J connectivity index is 0.00000220. The highest BCUT2D eigenvalue weighted by molar-refractivity contribution is 5.85. The maximum Gasteiger partial charge on any atom is 0.242 e. The Bertz CT molecular complexity index is 366. The summed E-state index contributed by atoms with van der Waals surface area (Å²) in [5.74, 6) is 0.332. The Hall–Kier alpha value is -0.360. The second kappa shape index (κ2) is 6.82. The third-order valence-electron chi connectivity index (χ3n) is 4.90. The van der Waals surface area contributed by atoms with Gasteiger partial charge in [0, 0.05) is 32.2 Å². The summed E-state index contributed by atoms with van der Waals surface area (Å²) < 4.78 is 5.38. The van der Waals surface area contributed by atoms with Crippen molar-refractivity contribution in [3.63, 3.8) is 0 Å². The number of likely N-dealkylation sites (tertiary alicyclic amines) is 1. The molecule has 6 heteroatoms. The van der Waals surface area contributed by atoms with Gasteiger partial charge < -0.3 is 20.5 Å². The predicted octanol–water partition coefficient (Wildman–Crippen LogP) is 1.17. The van der Waals surface area contributed by atoms with Crippen LogP contribution in [-0.2, 0) is 9.53 Å². The van der Waals surface area contributed by atoms with Gasteiger partial charge in [0.25, 0.3) is 0 Å². The van der Waals surface area contributed by atoms with Gasteiger partial charge in [-0.15, -0.1) is 12.4 Å². The second-order valence-corrected chi connectivity index (χ2v) is 7.00. The van der Waals surface area contributed by atoms with Gasteiger partial charge in [-0.05, 0) is 39.0 Å². The average molecular weight is 321 g/mol. The smallest absolute Gasteiger partial charge is 0.242 e. The Morgan fingerprint density at radius 2 is 1.95 bits per heavy atom. The van der Waals surface area contributed by atoms with E-state index in [-0.39, 0.29) is 30.2 Å². The Labute approximate surface area is 133 Å². The standard InChI is InChI=1S/C15H28N2O3.ClH/c1-11-10-17(13(18)14(2,3)16)7-6-15(11,19)12-4-8-20-9-5-12;/h11-12,19H,4-10,16H2,1-3H3;1H/t11-,15+;/m1./s1. The molecule has 2 heterocycles. The van der Waals surface area contributed by atoms with Crippen LogP contribution in [0.25, 0.3) is 0 Å². The van der Waals surface area contributed by atoms with Crippen molar-refractivity contribution in [1.29, 1.82) is 0 Å². The lowest BCUT2D eigenvalue weighted by molar-refractivity contribution is -0.154. The van der Waals surface area contributed by atoms with E-state index < -0.39 is 11.1 Å². The summed E-state index contributed by atoms with van der Waals surface area (Å²) in [6.45, 7) is 8.16. The highest BCUT2D eigenvalue weighted by Crippen LogP contribution is 2.39. The Morgan fingerprint density at radius 1 is 1.38 bits per heavy atom. The van der Waals surface area contributed by atoms with Crippen molar-refractivity contribution in [2.45, 2.75) is 51.2 Å². The van der Waals surface area contributed by atoms with Gasteiger partial charge in [0.1, 0.15) is 0 Å². The number of amides is 1. The van der Waals surface area contributed by atoms with E-state index in [1.54, 1.807) is 18.7 Å². The topological polar surface area (TPSA) is 75.8 Å². The van der Waals surface area contributed by atoms with Crippen molar-refractivity contribution in [3.05, 3.63) is 0 Å². The number of carbonyl (C=O) groups is 1.